The highest BCUT2D eigenvalue weighted by Gasteiger charge is 2.31. The van der Waals surface area contributed by atoms with Crippen molar-refractivity contribution >= 4 is 26.0 Å². The lowest BCUT2D eigenvalue weighted by molar-refractivity contribution is 0.0742. The second kappa shape index (κ2) is 9.30. The number of benzene rings is 2. The van der Waals surface area contributed by atoms with Gasteiger partial charge in [0.2, 0.25) is 20.0 Å². The molecule has 1 amide bonds. The van der Waals surface area contributed by atoms with Crippen molar-refractivity contribution in [3.8, 4) is 0 Å². The number of piperidine rings is 1. The van der Waals surface area contributed by atoms with E-state index in [0.717, 1.165) is 19.3 Å². The molecule has 0 bridgehead atoms. The number of carbonyl (C=O) groups is 1. The molecule has 2 N–H and O–H groups in total. The van der Waals surface area contributed by atoms with Crippen LogP contribution in [0.25, 0.3) is 0 Å². The van der Waals surface area contributed by atoms with Crippen LogP contribution in [0.3, 0.4) is 0 Å². The Morgan fingerprint density at radius 1 is 1.06 bits per heavy atom. The van der Waals surface area contributed by atoms with E-state index in [1.54, 1.807) is 26.1 Å². The Morgan fingerprint density at radius 3 is 2.31 bits per heavy atom. The van der Waals surface area contributed by atoms with Crippen LogP contribution >= 0.6 is 0 Å². The summed E-state index contributed by atoms with van der Waals surface area (Å²) in [5, 5.41) is 5.20. The zero-order chi connectivity index (χ0) is 23.7. The Hall–Kier alpha value is -2.27. The lowest BCUT2D eigenvalue weighted by atomic mass is 10.1. The molecular weight excluding hydrogens is 450 g/mol. The van der Waals surface area contributed by atoms with Crippen molar-refractivity contribution in [2.75, 3.05) is 13.6 Å². The van der Waals surface area contributed by atoms with Crippen LogP contribution in [0.4, 0.5) is 0 Å². The maximum atomic E-state index is 13.0. The molecule has 0 aromatic heterocycles. The minimum absolute atomic E-state index is 0.0239. The van der Waals surface area contributed by atoms with E-state index < -0.39 is 26.1 Å². The summed E-state index contributed by atoms with van der Waals surface area (Å²) in [5.41, 5.74) is 0.957. The van der Waals surface area contributed by atoms with Gasteiger partial charge in [-0.3, -0.25) is 4.79 Å². The first-order valence-corrected chi connectivity index (χ1v) is 13.4. The number of hydrogen-bond acceptors (Lipinski definition) is 5. The van der Waals surface area contributed by atoms with Crippen LogP contribution in [0.5, 0.6) is 0 Å². The van der Waals surface area contributed by atoms with Gasteiger partial charge in [-0.1, -0.05) is 18.6 Å². The van der Waals surface area contributed by atoms with Crippen molar-refractivity contribution in [1.29, 1.82) is 0 Å². The van der Waals surface area contributed by atoms with Crippen LogP contribution < -0.4 is 5.14 Å². The first kappa shape index (κ1) is 24.4. The average molecular weight is 480 g/mol. The van der Waals surface area contributed by atoms with E-state index in [1.807, 2.05) is 6.92 Å². The van der Waals surface area contributed by atoms with Crippen molar-refractivity contribution in [2.45, 2.75) is 55.0 Å². The molecule has 1 aliphatic rings. The molecule has 2 unspecified atom stereocenters. The fraction of sp³-hybridized carbons (Fsp3) is 0.409. The molecule has 0 saturated carbocycles. The van der Waals surface area contributed by atoms with Crippen molar-refractivity contribution in [3.63, 3.8) is 0 Å². The number of nitrogens with zero attached hydrogens (tertiary/aromatic N) is 2. The third-order valence-corrected chi connectivity index (χ3v) is 8.96. The second-order valence-corrected chi connectivity index (χ2v) is 11.6. The van der Waals surface area contributed by atoms with Crippen LogP contribution in [0, 0.1) is 0 Å². The van der Waals surface area contributed by atoms with Gasteiger partial charge in [0.1, 0.15) is 0 Å². The molecule has 3 rings (SSSR count). The molecule has 1 saturated heterocycles. The number of primary sulfonamides is 1. The SMILES string of the molecule is CC(c1cccc(S(N)(=O)=O)c1)N(C)C(=O)c1ccc(S(=O)(=O)N2CCCCC2C)cc1. The lowest BCUT2D eigenvalue weighted by Gasteiger charge is -2.32. The third-order valence-electron chi connectivity index (χ3n) is 6.02. The number of amides is 1. The molecule has 0 radical (unpaired) electrons. The van der Waals surface area contributed by atoms with Crippen LogP contribution in [0.2, 0.25) is 0 Å². The van der Waals surface area contributed by atoms with Gasteiger partial charge in [-0.2, -0.15) is 4.31 Å². The topological polar surface area (TPSA) is 118 Å². The van der Waals surface area contributed by atoms with Gasteiger partial charge in [0.15, 0.2) is 0 Å². The van der Waals surface area contributed by atoms with Gasteiger partial charge in [-0.05, 0) is 68.7 Å². The standard InChI is InChI=1S/C22H29N3O5S2/c1-16-7-4-5-14-25(16)32(29,30)20-12-10-18(11-13-20)22(26)24(3)17(2)19-8-6-9-21(15-19)31(23,27)28/h6,8-13,15-17H,4-5,7,14H2,1-3H3,(H2,23,27,28). The molecule has 1 fully saturated rings. The average Bonchev–Trinajstić information content (AvgIpc) is 2.77. The maximum Gasteiger partial charge on any atom is 0.254 e. The van der Waals surface area contributed by atoms with E-state index in [9.17, 15) is 21.6 Å². The first-order chi connectivity index (χ1) is 14.9. The largest absolute Gasteiger partial charge is 0.335 e. The molecular formula is C22H29N3O5S2. The summed E-state index contributed by atoms with van der Waals surface area (Å²) in [7, 11) is -5.86. The molecule has 1 heterocycles. The zero-order valence-corrected chi connectivity index (χ0v) is 20.1. The number of nitrogens with two attached hydrogens (primary N) is 1. The Morgan fingerprint density at radius 2 is 1.72 bits per heavy atom. The predicted octanol–water partition coefficient (Wildman–Crippen LogP) is 2.73. The highest BCUT2D eigenvalue weighted by Crippen LogP contribution is 2.26. The molecule has 1 aliphatic heterocycles. The zero-order valence-electron chi connectivity index (χ0n) is 18.4. The minimum Gasteiger partial charge on any atom is -0.335 e. The normalized spacial score (nSPS) is 18.8. The van der Waals surface area contributed by atoms with E-state index in [-0.39, 0.29) is 21.7 Å². The van der Waals surface area contributed by atoms with E-state index in [2.05, 4.69) is 0 Å². The highest BCUT2D eigenvalue weighted by molar-refractivity contribution is 7.89. The Kier molecular flexibility index (Phi) is 7.09. The van der Waals surface area contributed by atoms with E-state index in [0.29, 0.717) is 17.7 Å². The monoisotopic (exact) mass is 479 g/mol. The summed E-state index contributed by atoms with van der Waals surface area (Å²) in [4.78, 5) is 14.6. The summed E-state index contributed by atoms with van der Waals surface area (Å²) >= 11 is 0. The van der Waals surface area contributed by atoms with Crippen LogP contribution in [-0.4, -0.2) is 51.6 Å². The van der Waals surface area contributed by atoms with Crippen LogP contribution in [0.1, 0.15) is 55.1 Å². The van der Waals surface area contributed by atoms with Crippen LogP contribution in [-0.2, 0) is 20.0 Å². The maximum absolute atomic E-state index is 13.0. The fourth-order valence-corrected chi connectivity index (χ4v) is 6.16. The van der Waals surface area contributed by atoms with E-state index >= 15 is 0 Å². The molecule has 32 heavy (non-hydrogen) atoms. The van der Waals surface area contributed by atoms with Crippen LogP contribution in [0.15, 0.2) is 58.3 Å². The smallest absolute Gasteiger partial charge is 0.254 e. The molecule has 10 heteroatoms. The molecule has 2 aromatic carbocycles. The van der Waals surface area contributed by atoms with Crippen molar-refractivity contribution in [1.82, 2.24) is 9.21 Å². The highest BCUT2D eigenvalue weighted by atomic mass is 32.2. The number of hydrogen-bond donors (Lipinski definition) is 1. The van der Waals surface area contributed by atoms with Crippen molar-refractivity contribution < 1.29 is 21.6 Å². The van der Waals surface area contributed by atoms with Crippen molar-refractivity contribution in [3.05, 3.63) is 59.7 Å². The van der Waals surface area contributed by atoms with Gasteiger partial charge < -0.3 is 4.90 Å². The first-order valence-electron chi connectivity index (χ1n) is 10.4. The van der Waals surface area contributed by atoms with Gasteiger partial charge in [-0.15, -0.1) is 0 Å². The molecule has 2 atom stereocenters. The van der Waals surface area contributed by atoms with E-state index in [4.69, 9.17) is 5.14 Å². The summed E-state index contributed by atoms with van der Waals surface area (Å²) in [6.45, 7) is 4.19. The van der Waals surface area contributed by atoms with Gasteiger partial charge in [0.25, 0.3) is 5.91 Å². The fourth-order valence-electron chi connectivity index (χ4n) is 3.89. The molecule has 0 aliphatic carbocycles. The molecule has 174 valence electrons. The summed E-state index contributed by atoms with van der Waals surface area (Å²) in [6.07, 6.45) is 2.70. The number of sulfonamides is 2. The predicted molar refractivity (Wildman–Crippen MR) is 122 cm³/mol. The summed E-state index contributed by atoms with van der Waals surface area (Å²) in [5.74, 6) is -0.311. The van der Waals surface area contributed by atoms with Gasteiger partial charge >= 0.3 is 0 Å². The minimum atomic E-state index is -3.85. The number of carbonyl (C=O) groups excluding carboxylic acids is 1. The second-order valence-electron chi connectivity index (χ2n) is 8.19. The van der Waals surface area contributed by atoms with E-state index in [1.165, 1.54) is 45.6 Å². The van der Waals surface area contributed by atoms with Crippen molar-refractivity contribution in [2.24, 2.45) is 5.14 Å². The third kappa shape index (κ3) is 5.03. The number of rotatable bonds is 6. The van der Waals surface area contributed by atoms with Gasteiger partial charge in [0.05, 0.1) is 15.8 Å². The Bertz CT molecular complexity index is 1190. The lowest BCUT2D eigenvalue weighted by Crippen LogP contribution is -2.41. The Labute approximate surface area is 190 Å². The summed E-state index contributed by atoms with van der Waals surface area (Å²) < 4.78 is 50.8. The van der Waals surface area contributed by atoms with Gasteiger partial charge in [0, 0.05) is 25.2 Å². The molecule has 8 nitrogen and oxygen atoms in total. The molecule has 0 spiro atoms. The van der Waals surface area contributed by atoms with Gasteiger partial charge in [-0.25, -0.2) is 22.0 Å². The Balaban J connectivity index is 1.79. The summed E-state index contributed by atoms with van der Waals surface area (Å²) in [6, 6.07) is 11.6. The quantitative estimate of drug-likeness (QED) is 0.683. The molecule has 2 aromatic rings.